The second-order valence-electron chi connectivity index (χ2n) is 4.45. The number of benzene rings is 1. The van der Waals surface area contributed by atoms with E-state index in [2.05, 4.69) is 12.1 Å². The summed E-state index contributed by atoms with van der Waals surface area (Å²) >= 11 is 1.42. The lowest BCUT2D eigenvalue weighted by Crippen LogP contribution is -2.04. The zero-order chi connectivity index (χ0) is 11.4. The summed E-state index contributed by atoms with van der Waals surface area (Å²) in [6.07, 6.45) is 6.76. The molecule has 1 aliphatic rings. The molecule has 1 fully saturated rings. The van der Waals surface area contributed by atoms with Crippen molar-refractivity contribution in [1.29, 1.82) is 0 Å². The molecule has 0 unspecified atom stereocenters. The highest BCUT2D eigenvalue weighted by atomic mass is 32.4. The number of hydrogen-bond donors (Lipinski definition) is 0. The van der Waals surface area contributed by atoms with Crippen molar-refractivity contribution in [3.8, 4) is 0 Å². The van der Waals surface area contributed by atoms with Crippen molar-refractivity contribution in [2.45, 2.75) is 38.0 Å². The van der Waals surface area contributed by atoms with Crippen molar-refractivity contribution in [2.24, 2.45) is 0 Å². The molecule has 86 valence electrons. The molecule has 0 aromatic heterocycles. The molecule has 0 spiro atoms. The molecule has 0 N–H and O–H groups in total. The molecule has 0 bridgehead atoms. The Morgan fingerprint density at radius 3 is 2.31 bits per heavy atom. The monoisotopic (exact) mass is 250 g/mol. The van der Waals surface area contributed by atoms with Gasteiger partial charge in [-0.1, -0.05) is 43.5 Å². The lowest BCUT2D eigenvalue weighted by Gasteiger charge is -2.21. The Kier molecular flexibility index (Phi) is 4.24. The van der Waals surface area contributed by atoms with Gasteiger partial charge in [-0.3, -0.25) is 4.79 Å². The van der Waals surface area contributed by atoms with Crippen LogP contribution in [0.4, 0.5) is 0 Å². The van der Waals surface area contributed by atoms with Gasteiger partial charge in [0.15, 0.2) is 0 Å². The molecule has 0 radical (unpaired) electrons. The van der Waals surface area contributed by atoms with E-state index in [1.165, 1.54) is 48.9 Å². The Labute approximate surface area is 104 Å². The highest BCUT2D eigenvalue weighted by Crippen LogP contribution is 2.32. The largest absolute Gasteiger partial charge is 0.282 e. The van der Waals surface area contributed by atoms with Crippen molar-refractivity contribution in [3.63, 3.8) is 0 Å². The van der Waals surface area contributed by atoms with Gasteiger partial charge in [-0.05, 0) is 24.3 Å². The topological polar surface area (TPSA) is 17.1 Å². The minimum absolute atomic E-state index is 0.224. The van der Waals surface area contributed by atoms with E-state index in [0.717, 1.165) is 20.9 Å². The van der Waals surface area contributed by atoms with Crippen molar-refractivity contribution in [3.05, 3.63) is 35.4 Å². The summed E-state index contributed by atoms with van der Waals surface area (Å²) in [7, 11) is 0.880. The van der Waals surface area contributed by atoms with E-state index >= 15 is 0 Å². The van der Waals surface area contributed by atoms with Crippen LogP contribution in [-0.2, 0) is 0 Å². The van der Waals surface area contributed by atoms with E-state index in [4.69, 9.17) is 0 Å². The lowest BCUT2D eigenvalue weighted by atomic mass is 9.84. The van der Waals surface area contributed by atoms with Crippen molar-refractivity contribution in [2.75, 3.05) is 0 Å². The van der Waals surface area contributed by atoms with Crippen LogP contribution in [0.2, 0.25) is 0 Å². The van der Waals surface area contributed by atoms with Crippen molar-refractivity contribution >= 4 is 25.7 Å². The van der Waals surface area contributed by atoms with Crippen LogP contribution >= 0.6 is 11.2 Å². The number of hydrogen-bond acceptors (Lipinski definition) is 2. The van der Waals surface area contributed by atoms with Gasteiger partial charge in [-0.2, -0.15) is 0 Å². The molecule has 2 rings (SSSR count). The van der Waals surface area contributed by atoms with Gasteiger partial charge in [-0.15, -0.1) is 11.2 Å². The smallest absolute Gasteiger partial charge is 0.212 e. The zero-order valence-corrected chi connectivity index (χ0v) is 12.6. The fourth-order valence-corrected chi connectivity index (χ4v) is 3.52. The first-order valence-electron chi connectivity index (χ1n) is 5.99. The van der Waals surface area contributed by atoms with Gasteiger partial charge in [-0.25, -0.2) is 0 Å². The summed E-state index contributed by atoms with van der Waals surface area (Å²) < 4.78 is 0. The predicted octanol–water partition coefficient (Wildman–Crippen LogP) is 2.89. The number of carbonyl (C=O) groups excluding carboxylic acids is 1. The second-order valence-corrected chi connectivity index (χ2v) is 6.45. The van der Waals surface area contributed by atoms with Crippen molar-refractivity contribution in [1.82, 2.24) is 0 Å². The second kappa shape index (κ2) is 5.69. The van der Waals surface area contributed by atoms with Crippen LogP contribution in [0.15, 0.2) is 24.3 Å². The molecule has 0 amide bonds. The Morgan fingerprint density at radius 1 is 1.12 bits per heavy atom. The highest BCUT2D eigenvalue weighted by Gasteiger charge is 2.15. The molecule has 16 heavy (non-hydrogen) atoms. The number of carbonyl (C=O) groups is 1. The van der Waals surface area contributed by atoms with Gasteiger partial charge in [0, 0.05) is 5.56 Å². The van der Waals surface area contributed by atoms with Gasteiger partial charge in [0.2, 0.25) is 5.12 Å². The predicted molar refractivity (Wildman–Crippen MR) is 74.1 cm³/mol. The Balaban J connectivity index is 2.09. The normalized spacial score (nSPS) is 17.5. The quantitative estimate of drug-likeness (QED) is 0.751. The Bertz CT molecular complexity index is 355. The fraction of sp³-hybridized carbons (Fsp3) is 0.462. The van der Waals surface area contributed by atoms with E-state index in [1.807, 2.05) is 12.1 Å². The van der Waals surface area contributed by atoms with Crippen LogP contribution in [0.1, 0.15) is 53.9 Å². The molecular weight excluding hydrogens is 232 g/mol. The van der Waals surface area contributed by atoms with E-state index in [-0.39, 0.29) is 5.12 Å². The third-order valence-corrected chi connectivity index (χ3v) is 5.13. The minimum Gasteiger partial charge on any atom is -0.282 e. The van der Waals surface area contributed by atoms with Crippen LogP contribution in [0.25, 0.3) is 0 Å². The molecule has 1 aromatic rings. The first kappa shape index (κ1) is 11.9. The molecule has 0 saturated heterocycles. The summed E-state index contributed by atoms with van der Waals surface area (Å²) in [5.41, 5.74) is 2.29. The molecule has 1 aliphatic carbocycles. The lowest BCUT2D eigenvalue weighted by molar-refractivity contribution is 0.109. The summed E-state index contributed by atoms with van der Waals surface area (Å²) in [5.74, 6) is 0.738. The average Bonchev–Trinajstić information content (AvgIpc) is 2.39. The van der Waals surface area contributed by atoms with Gasteiger partial charge in [0.25, 0.3) is 0 Å². The molecule has 0 heterocycles. The molecular formula is C13H18OSSi. The van der Waals surface area contributed by atoms with Crippen LogP contribution in [0, 0.1) is 0 Å². The maximum Gasteiger partial charge on any atom is 0.212 e. The molecule has 1 nitrogen and oxygen atoms in total. The summed E-state index contributed by atoms with van der Waals surface area (Å²) in [4.78, 5) is 11.5. The fourth-order valence-electron chi connectivity index (χ4n) is 2.45. The zero-order valence-electron chi connectivity index (χ0n) is 9.74. The first-order chi connectivity index (χ1) is 7.81. The summed E-state index contributed by atoms with van der Waals surface area (Å²) in [6, 6.07) is 8.30. The number of rotatable bonds is 2. The summed E-state index contributed by atoms with van der Waals surface area (Å²) in [5, 5.41) is 0.224. The average molecular weight is 250 g/mol. The maximum atomic E-state index is 11.5. The highest BCUT2D eigenvalue weighted by molar-refractivity contribution is 8.31. The third-order valence-electron chi connectivity index (χ3n) is 3.41. The van der Waals surface area contributed by atoms with E-state index in [0.29, 0.717) is 0 Å². The maximum absolute atomic E-state index is 11.5. The molecule has 1 aromatic carbocycles. The van der Waals surface area contributed by atoms with Gasteiger partial charge in [0.1, 0.15) is 0 Å². The molecule has 0 atom stereocenters. The van der Waals surface area contributed by atoms with Crippen LogP contribution in [-0.4, -0.2) is 14.5 Å². The molecule has 0 aliphatic heterocycles. The Morgan fingerprint density at radius 2 is 1.75 bits per heavy atom. The third kappa shape index (κ3) is 2.77. The van der Waals surface area contributed by atoms with Crippen LogP contribution < -0.4 is 0 Å². The van der Waals surface area contributed by atoms with E-state index < -0.39 is 0 Å². The summed E-state index contributed by atoms with van der Waals surface area (Å²) in [6.45, 7) is 0. The minimum atomic E-state index is 0.224. The standard InChI is InChI=1S/C13H18OSSi/c14-13(15-16)12-8-6-11(7-9-12)10-4-2-1-3-5-10/h6-10H,1-5H2,16H3. The molecule has 3 heteroatoms. The van der Waals surface area contributed by atoms with Crippen molar-refractivity contribution < 1.29 is 4.79 Å². The van der Waals surface area contributed by atoms with E-state index in [9.17, 15) is 4.79 Å². The van der Waals surface area contributed by atoms with E-state index in [1.54, 1.807) is 0 Å². The van der Waals surface area contributed by atoms with Crippen LogP contribution in [0.5, 0.6) is 0 Å². The van der Waals surface area contributed by atoms with Gasteiger partial charge < -0.3 is 0 Å². The Hall–Kier alpha value is -0.543. The van der Waals surface area contributed by atoms with Crippen LogP contribution in [0.3, 0.4) is 0 Å². The SMILES string of the molecule is O=C(S[SiH3])c1ccc(C2CCCCC2)cc1. The van der Waals surface area contributed by atoms with Gasteiger partial charge in [0.05, 0.1) is 9.39 Å². The first-order valence-corrected chi connectivity index (χ1v) is 9.67. The van der Waals surface area contributed by atoms with Gasteiger partial charge >= 0.3 is 0 Å². The molecule has 1 saturated carbocycles.